The molecule has 1 unspecified atom stereocenters. The van der Waals surface area contributed by atoms with Crippen molar-refractivity contribution < 1.29 is 13.9 Å². The molecule has 23 heavy (non-hydrogen) atoms. The summed E-state index contributed by atoms with van der Waals surface area (Å²) in [5.41, 5.74) is 1.68. The maximum atomic E-state index is 12.0. The van der Waals surface area contributed by atoms with Crippen molar-refractivity contribution in [2.75, 3.05) is 0 Å². The van der Waals surface area contributed by atoms with Crippen molar-refractivity contribution in [2.45, 2.75) is 26.3 Å². The van der Waals surface area contributed by atoms with Crippen LogP contribution in [0.2, 0.25) is 0 Å². The molecule has 0 fully saturated rings. The van der Waals surface area contributed by atoms with E-state index in [1.165, 1.54) is 0 Å². The fourth-order valence-corrected chi connectivity index (χ4v) is 1.93. The van der Waals surface area contributed by atoms with Crippen molar-refractivity contribution >= 4 is 5.91 Å². The van der Waals surface area contributed by atoms with E-state index in [1.54, 1.807) is 32.2 Å². The van der Waals surface area contributed by atoms with Gasteiger partial charge < -0.3 is 9.84 Å². The van der Waals surface area contributed by atoms with Gasteiger partial charge in [0.2, 0.25) is 17.6 Å². The Balaban J connectivity index is 1.64. The Kier molecular flexibility index (Phi) is 4.09. The molecule has 1 amide bonds. The fourth-order valence-electron chi connectivity index (χ4n) is 1.93. The summed E-state index contributed by atoms with van der Waals surface area (Å²) in [6.07, 6.45) is 1.71. The van der Waals surface area contributed by atoms with Crippen LogP contribution in [-0.4, -0.2) is 31.3 Å². The van der Waals surface area contributed by atoms with Gasteiger partial charge in [-0.25, -0.2) is 4.63 Å². The zero-order valence-electron chi connectivity index (χ0n) is 12.6. The highest BCUT2D eigenvalue weighted by Gasteiger charge is 2.19. The van der Waals surface area contributed by atoms with E-state index in [0.29, 0.717) is 28.8 Å². The van der Waals surface area contributed by atoms with Gasteiger partial charge in [-0.1, -0.05) is 21.5 Å². The average molecular weight is 314 g/mol. The summed E-state index contributed by atoms with van der Waals surface area (Å²) in [4.78, 5) is 20.4. The predicted molar refractivity (Wildman–Crippen MR) is 76.8 cm³/mol. The van der Waals surface area contributed by atoms with E-state index in [9.17, 15) is 4.79 Å². The molecule has 0 spiro atoms. The number of nitrogens with zero attached hydrogens (tertiary/aromatic N) is 5. The van der Waals surface area contributed by atoms with Gasteiger partial charge in [0.05, 0.1) is 6.42 Å². The van der Waals surface area contributed by atoms with Gasteiger partial charge in [-0.2, -0.15) is 4.98 Å². The highest BCUT2D eigenvalue weighted by molar-refractivity contribution is 5.78. The second kappa shape index (κ2) is 6.34. The van der Waals surface area contributed by atoms with Crippen molar-refractivity contribution in [1.29, 1.82) is 0 Å². The number of aryl methyl sites for hydroxylation is 1. The van der Waals surface area contributed by atoms with Gasteiger partial charge in [0.15, 0.2) is 0 Å². The van der Waals surface area contributed by atoms with E-state index in [1.807, 2.05) is 6.07 Å². The van der Waals surface area contributed by atoms with Crippen LogP contribution in [0.15, 0.2) is 33.5 Å². The molecule has 0 radical (unpaired) electrons. The number of rotatable bonds is 5. The third kappa shape index (κ3) is 3.39. The second-order valence-electron chi connectivity index (χ2n) is 4.93. The first-order valence-electron chi connectivity index (χ1n) is 6.96. The number of hydrogen-bond acceptors (Lipinski definition) is 8. The van der Waals surface area contributed by atoms with Gasteiger partial charge in [0.1, 0.15) is 23.1 Å². The Morgan fingerprint density at radius 3 is 2.87 bits per heavy atom. The highest BCUT2D eigenvalue weighted by atomic mass is 16.6. The normalized spacial score (nSPS) is 12.1. The van der Waals surface area contributed by atoms with Gasteiger partial charge in [0, 0.05) is 6.20 Å². The summed E-state index contributed by atoms with van der Waals surface area (Å²) in [7, 11) is 0. The quantitative estimate of drug-likeness (QED) is 0.747. The van der Waals surface area contributed by atoms with Gasteiger partial charge >= 0.3 is 0 Å². The first-order valence-corrected chi connectivity index (χ1v) is 6.96. The van der Waals surface area contributed by atoms with E-state index in [2.05, 4.69) is 35.4 Å². The SMILES string of the molecule is Cc1nonc1CC(=O)NC(C)c1nc(-c2ccccn2)no1. The lowest BCUT2D eigenvalue weighted by Gasteiger charge is -2.08. The van der Waals surface area contributed by atoms with E-state index >= 15 is 0 Å². The monoisotopic (exact) mass is 314 g/mol. The van der Waals surface area contributed by atoms with Crippen LogP contribution in [0.5, 0.6) is 0 Å². The molecule has 0 bridgehead atoms. The van der Waals surface area contributed by atoms with Crippen molar-refractivity contribution in [3.63, 3.8) is 0 Å². The number of pyridine rings is 1. The lowest BCUT2D eigenvalue weighted by atomic mass is 10.2. The molecular weight excluding hydrogens is 300 g/mol. The number of carbonyl (C=O) groups excluding carboxylic acids is 1. The molecular formula is C14H14N6O3. The summed E-state index contributed by atoms with van der Waals surface area (Å²) >= 11 is 0. The first kappa shape index (κ1) is 14.8. The van der Waals surface area contributed by atoms with E-state index in [4.69, 9.17) is 4.52 Å². The minimum absolute atomic E-state index is 0.0703. The van der Waals surface area contributed by atoms with E-state index in [-0.39, 0.29) is 12.3 Å². The number of aromatic nitrogens is 5. The summed E-state index contributed by atoms with van der Waals surface area (Å²) in [5, 5.41) is 13.9. The Labute approximate surface area is 131 Å². The Hall–Kier alpha value is -3.10. The Morgan fingerprint density at radius 2 is 2.17 bits per heavy atom. The summed E-state index contributed by atoms with van der Waals surface area (Å²) in [6, 6.07) is 4.97. The van der Waals surface area contributed by atoms with Crippen LogP contribution in [0.1, 0.15) is 30.2 Å². The third-order valence-electron chi connectivity index (χ3n) is 3.16. The lowest BCUT2D eigenvalue weighted by molar-refractivity contribution is -0.121. The molecule has 118 valence electrons. The van der Waals surface area contributed by atoms with Crippen LogP contribution in [0.4, 0.5) is 0 Å². The summed E-state index contributed by atoms with van der Waals surface area (Å²) in [5.74, 6) is 0.432. The topological polar surface area (TPSA) is 120 Å². The molecule has 0 saturated carbocycles. The molecule has 9 nitrogen and oxygen atoms in total. The largest absolute Gasteiger partial charge is 0.344 e. The number of nitrogens with one attached hydrogen (secondary N) is 1. The van der Waals surface area contributed by atoms with Crippen LogP contribution in [0.25, 0.3) is 11.5 Å². The van der Waals surface area contributed by atoms with Crippen LogP contribution >= 0.6 is 0 Å². The molecule has 3 aromatic rings. The molecule has 0 aliphatic heterocycles. The molecule has 3 aromatic heterocycles. The maximum absolute atomic E-state index is 12.0. The molecule has 0 saturated heterocycles. The van der Waals surface area contributed by atoms with Gasteiger partial charge in [-0.3, -0.25) is 9.78 Å². The second-order valence-corrected chi connectivity index (χ2v) is 4.93. The van der Waals surface area contributed by atoms with Crippen LogP contribution < -0.4 is 5.32 Å². The molecule has 1 N–H and O–H groups in total. The number of amides is 1. The molecule has 9 heteroatoms. The third-order valence-corrected chi connectivity index (χ3v) is 3.16. The number of hydrogen-bond donors (Lipinski definition) is 1. The minimum Gasteiger partial charge on any atom is -0.344 e. The zero-order valence-corrected chi connectivity index (χ0v) is 12.6. The summed E-state index contributed by atoms with van der Waals surface area (Å²) < 4.78 is 9.74. The highest BCUT2D eigenvalue weighted by Crippen LogP contribution is 2.16. The van der Waals surface area contributed by atoms with Crippen LogP contribution in [0, 0.1) is 6.92 Å². The zero-order chi connectivity index (χ0) is 16.2. The fraction of sp³-hybridized carbons (Fsp3) is 0.286. The van der Waals surface area contributed by atoms with E-state index < -0.39 is 6.04 Å². The molecule has 0 aromatic carbocycles. The van der Waals surface area contributed by atoms with E-state index in [0.717, 1.165) is 0 Å². The smallest absolute Gasteiger partial charge is 0.249 e. The predicted octanol–water partition coefficient (Wildman–Crippen LogP) is 1.24. The maximum Gasteiger partial charge on any atom is 0.249 e. The molecule has 3 rings (SSSR count). The Bertz CT molecular complexity index is 798. The standard InChI is InChI=1S/C14H14N6O3/c1-8-11(19-23-18-8)7-12(21)16-9(2)14-17-13(20-22-14)10-5-3-4-6-15-10/h3-6,9H,7H2,1-2H3,(H,16,21). The molecule has 0 aliphatic rings. The minimum atomic E-state index is -0.437. The number of carbonyl (C=O) groups is 1. The van der Waals surface area contributed by atoms with Crippen molar-refractivity contribution in [3.05, 3.63) is 41.7 Å². The van der Waals surface area contributed by atoms with Gasteiger partial charge in [-0.05, 0) is 26.0 Å². The van der Waals surface area contributed by atoms with Crippen LogP contribution in [0.3, 0.4) is 0 Å². The van der Waals surface area contributed by atoms with Crippen molar-refractivity contribution in [1.82, 2.24) is 30.8 Å². The molecule has 3 heterocycles. The molecule has 1 atom stereocenters. The Morgan fingerprint density at radius 1 is 1.30 bits per heavy atom. The van der Waals surface area contributed by atoms with Crippen LogP contribution in [-0.2, 0) is 11.2 Å². The average Bonchev–Trinajstić information content (AvgIpc) is 3.18. The lowest BCUT2D eigenvalue weighted by Crippen LogP contribution is -2.28. The van der Waals surface area contributed by atoms with Gasteiger partial charge in [0.25, 0.3) is 0 Å². The first-order chi connectivity index (χ1) is 11.1. The van der Waals surface area contributed by atoms with Crippen molar-refractivity contribution in [3.8, 4) is 11.5 Å². The van der Waals surface area contributed by atoms with Gasteiger partial charge in [-0.15, -0.1) is 0 Å². The summed E-state index contributed by atoms with van der Waals surface area (Å²) in [6.45, 7) is 3.47. The molecule has 0 aliphatic carbocycles. The van der Waals surface area contributed by atoms with Crippen molar-refractivity contribution in [2.24, 2.45) is 0 Å².